The number of sulfonamides is 1. The van der Waals surface area contributed by atoms with E-state index < -0.39 is 33.4 Å². The third-order valence-corrected chi connectivity index (χ3v) is 8.50. The summed E-state index contributed by atoms with van der Waals surface area (Å²) in [7, 11) is -4.10. The van der Waals surface area contributed by atoms with Gasteiger partial charge in [-0.3, -0.25) is 9.36 Å². The van der Waals surface area contributed by atoms with Crippen molar-refractivity contribution in [2.75, 3.05) is 0 Å². The topological polar surface area (TPSA) is 103 Å². The number of benzene rings is 3. The van der Waals surface area contributed by atoms with Gasteiger partial charge < -0.3 is 0 Å². The molecule has 1 heterocycles. The van der Waals surface area contributed by atoms with Crippen LogP contribution in [0, 0.1) is 5.92 Å². The lowest BCUT2D eigenvalue weighted by molar-refractivity contribution is -0.137. The second-order valence-corrected chi connectivity index (χ2v) is 11.9. The molecule has 0 spiro atoms. The molecule has 0 aliphatic heterocycles. The maximum absolute atomic E-state index is 13.7. The molecule has 0 unspecified atom stereocenters. The van der Waals surface area contributed by atoms with Gasteiger partial charge in [0.2, 0.25) is 5.91 Å². The quantitative estimate of drug-likeness (QED) is 0.266. The van der Waals surface area contributed by atoms with Crippen molar-refractivity contribution in [3.63, 3.8) is 0 Å². The molecule has 0 saturated heterocycles. The fourth-order valence-electron chi connectivity index (χ4n) is 4.70. The van der Waals surface area contributed by atoms with Crippen LogP contribution in [0.25, 0.3) is 16.8 Å². The highest BCUT2D eigenvalue weighted by molar-refractivity contribution is 7.90. The van der Waals surface area contributed by atoms with Crippen LogP contribution in [0.5, 0.6) is 0 Å². The molecule has 1 saturated carbocycles. The average molecular weight is 599 g/mol. The lowest BCUT2D eigenvalue weighted by atomic mass is 10.0. The van der Waals surface area contributed by atoms with Crippen molar-refractivity contribution in [3.05, 3.63) is 100 Å². The zero-order valence-electron chi connectivity index (χ0n) is 22.8. The lowest BCUT2D eigenvalue weighted by Crippen LogP contribution is -2.32. The van der Waals surface area contributed by atoms with Gasteiger partial charge in [0, 0.05) is 17.9 Å². The molecule has 3 aromatic carbocycles. The number of aromatic nitrogens is 3. The van der Waals surface area contributed by atoms with Gasteiger partial charge in [-0.2, -0.15) is 17.9 Å². The van der Waals surface area contributed by atoms with E-state index in [0.717, 1.165) is 17.2 Å². The molecule has 0 atom stereocenters. The third-order valence-electron chi connectivity index (χ3n) is 7.10. The summed E-state index contributed by atoms with van der Waals surface area (Å²) in [5, 5.41) is 4.30. The van der Waals surface area contributed by atoms with Gasteiger partial charge in [0.15, 0.2) is 0 Å². The largest absolute Gasteiger partial charge is 0.418 e. The van der Waals surface area contributed by atoms with Crippen LogP contribution < -0.4 is 10.4 Å². The summed E-state index contributed by atoms with van der Waals surface area (Å²) >= 11 is 0. The Hall–Kier alpha value is -4.19. The summed E-state index contributed by atoms with van der Waals surface area (Å²) in [6.07, 6.45) is -1.42. The second-order valence-electron chi connectivity index (χ2n) is 10.3. The molecule has 42 heavy (non-hydrogen) atoms. The molecule has 4 aromatic rings. The summed E-state index contributed by atoms with van der Waals surface area (Å²) in [6.45, 7) is 2.02. The Labute approximate surface area is 240 Å². The Balaban J connectivity index is 1.46. The molecular weight excluding hydrogens is 569 g/mol. The van der Waals surface area contributed by atoms with Gasteiger partial charge in [-0.25, -0.2) is 17.9 Å². The van der Waals surface area contributed by atoms with Gasteiger partial charge in [0.1, 0.15) is 5.82 Å². The van der Waals surface area contributed by atoms with Gasteiger partial charge in [-0.1, -0.05) is 67.9 Å². The molecule has 1 aliphatic rings. The summed E-state index contributed by atoms with van der Waals surface area (Å²) in [5.74, 6) is -0.420. The third kappa shape index (κ3) is 6.18. The van der Waals surface area contributed by atoms with Crippen LogP contribution in [-0.2, 0) is 34.0 Å². The first kappa shape index (κ1) is 29.3. The standard InChI is InChI=1S/C30H29F3N4O4S/c1-2-3-12-27-34-37(25-10-6-5-9-24(25)30(31,32)33)29(39)36(27)19-20-13-15-21(16-14-20)23-8-4-7-11-26(23)42(40,41)35-28(38)22-17-18-22/h4-11,13-16,22H,2-3,12,17-19H2,1H3,(H,35,38). The van der Waals surface area contributed by atoms with E-state index in [0.29, 0.717) is 48.2 Å². The number of aryl methyl sites for hydroxylation is 1. The van der Waals surface area contributed by atoms with E-state index in [4.69, 9.17) is 0 Å². The SMILES string of the molecule is CCCCc1nn(-c2ccccc2C(F)(F)F)c(=O)n1Cc1ccc(-c2ccccc2S(=O)(=O)NC(=O)C2CC2)cc1. The molecule has 1 amide bonds. The fourth-order valence-corrected chi connectivity index (χ4v) is 5.97. The minimum atomic E-state index is -4.66. The Morgan fingerprint density at radius 1 is 1.00 bits per heavy atom. The van der Waals surface area contributed by atoms with E-state index in [1.54, 1.807) is 42.5 Å². The van der Waals surface area contributed by atoms with E-state index in [-0.39, 0.29) is 23.0 Å². The fraction of sp³-hybridized carbons (Fsp3) is 0.300. The van der Waals surface area contributed by atoms with Crippen LogP contribution in [-0.4, -0.2) is 28.7 Å². The van der Waals surface area contributed by atoms with E-state index in [1.165, 1.54) is 28.8 Å². The number of carbonyl (C=O) groups is 1. The molecule has 1 fully saturated rings. The van der Waals surface area contributed by atoms with Crippen molar-refractivity contribution in [2.24, 2.45) is 5.92 Å². The Kier molecular flexibility index (Phi) is 8.09. The number of hydrogen-bond acceptors (Lipinski definition) is 5. The number of halogens is 3. The molecule has 5 rings (SSSR count). The smallest absolute Gasteiger partial charge is 0.274 e. The highest BCUT2D eigenvalue weighted by atomic mass is 32.2. The lowest BCUT2D eigenvalue weighted by Gasteiger charge is -2.12. The summed E-state index contributed by atoms with van der Waals surface area (Å²) in [5.41, 5.74) is -0.336. The minimum Gasteiger partial charge on any atom is -0.274 e. The second kappa shape index (κ2) is 11.6. The van der Waals surface area contributed by atoms with Gasteiger partial charge in [0.05, 0.1) is 22.7 Å². The Bertz CT molecular complexity index is 1770. The van der Waals surface area contributed by atoms with Crippen molar-refractivity contribution in [1.29, 1.82) is 0 Å². The number of amides is 1. The number of alkyl halides is 3. The number of rotatable bonds is 10. The van der Waals surface area contributed by atoms with Crippen molar-refractivity contribution in [3.8, 4) is 16.8 Å². The van der Waals surface area contributed by atoms with Crippen LogP contribution in [0.1, 0.15) is 49.6 Å². The first-order valence-electron chi connectivity index (χ1n) is 13.6. The Morgan fingerprint density at radius 3 is 2.33 bits per heavy atom. The molecule has 1 aliphatic carbocycles. The first-order valence-corrected chi connectivity index (χ1v) is 15.1. The van der Waals surface area contributed by atoms with E-state index >= 15 is 0 Å². The number of carbonyl (C=O) groups excluding carboxylic acids is 1. The predicted molar refractivity (Wildman–Crippen MR) is 150 cm³/mol. The number of hydrogen-bond donors (Lipinski definition) is 1. The van der Waals surface area contributed by atoms with Gasteiger partial charge in [-0.15, -0.1) is 5.10 Å². The Morgan fingerprint density at radius 2 is 1.67 bits per heavy atom. The van der Waals surface area contributed by atoms with Crippen LogP contribution in [0.3, 0.4) is 0 Å². The summed E-state index contributed by atoms with van der Waals surface area (Å²) < 4.78 is 71.4. The molecular formula is C30H29F3N4O4S. The maximum Gasteiger partial charge on any atom is 0.418 e. The van der Waals surface area contributed by atoms with Gasteiger partial charge in [0.25, 0.3) is 10.0 Å². The highest BCUT2D eigenvalue weighted by Crippen LogP contribution is 2.33. The van der Waals surface area contributed by atoms with E-state index in [1.807, 2.05) is 6.92 Å². The zero-order chi connectivity index (χ0) is 30.1. The molecule has 1 aromatic heterocycles. The van der Waals surface area contributed by atoms with Crippen LogP contribution in [0.4, 0.5) is 13.2 Å². The maximum atomic E-state index is 13.7. The van der Waals surface area contributed by atoms with Gasteiger partial charge >= 0.3 is 11.9 Å². The molecule has 1 N–H and O–H groups in total. The molecule has 12 heteroatoms. The van der Waals surface area contributed by atoms with Crippen LogP contribution in [0.2, 0.25) is 0 Å². The molecule has 8 nitrogen and oxygen atoms in total. The van der Waals surface area contributed by atoms with Crippen molar-refractivity contribution in [2.45, 2.75) is 56.6 Å². The summed E-state index contributed by atoms with van der Waals surface area (Å²) in [4.78, 5) is 25.5. The van der Waals surface area contributed by atoms with Crippen LogP contribution >= 0.6 is 0 Å². The molecule has 0 radical (unpaired) electrons. The number of nitrogens with one attached hydrogen (secondary N) is 1. The van der Waals surface area contributed by atoms with Gasteiger partial charge in [-0.05, 0) is 48.6 Å². The molecule has 0 bridgehead atoms. The van der Waals surface area contributed by atoms with Crippen molar-refractivity contribution >= 4 is 15.9 Å². The average Bonchev–Trinajstić information content (AvgIpc) is 3.77. The van der Waals surface area contributed by atoms with Crippen molar-refractivity contribution in [1.82, 2.24) is 19.1 Å². The van der Waals surface area contributed by atoms with Crippen molar-refractivity contribution < 1.29 is 26.4 Å². The minimum absolute atomic E-state index is 0.0329. The first-order chi connectivity index (χ1) is 20.0. The summed E-state index contributed by atoms with van der Waals surface area (Å²) in [6, 6.07) is 18.0. The predicted octanol–water partition coefficient (Wildman–Crippen LogP) is 5.33. The van der Waals surface area contributed by atoms with E-state index in [2.05, 4.69) is 9.82 Å². The monoisotopic (exact) mass is 598 g/mol. The number of para-hydroxylation sites is 1. The van der Waals surface area contributed by atoms with E-state index in [9.17, 15) is 31.2 Å². The normalized spacial score (nSPS) is 13.7. The highest BCUT2D eigenvalue weighted by Gasteiger charge is 2.35. The molecule has 220 valence electrons. The number of unbranched alkanes of at least 4 members (excludes halogenated alkanes) is 1. The number of nitrogens with zero attached hydrogens (tertiary/aromatic N) is 3. The van der Waals surface area contributed by atoms with Crippen LogP contribution in [0.15, 0.2) is 82.5 Å². The zero-order valence-corrected chi connectivity index (χ0v) is 23.6.